The summed E-state index contributed by atoms with van der Waals surface area (Å²) in [5, 5.41) is 11.2. The van der Waals surface area contributed by atoms with Crippen molar-refractivity contribution in [3.8, 4) is 0 Å². The number of carbonyl (C=O) groups excluding carboxylic acids is 1. The zero-order chi connectivity index (χ0) is 28.1. The largest absolute Gasteiger partial charge is 0.374 e. The Kier molecular flexibility index (Phi) is 7.11. The Morgan fingerprint density at radius 3 is 2.66 bits per heavy atom. The molecule has 0 spiro atoms. The molecule has 4 aliphatic rings. The van der Waals surface area contributed by atoms with Gasteiger partial charge in [0.1, 0.15) is 11.4 Å². The predicted octanol–water partition coefficient (Wildman–Crippen LogP) is 3.07. The summed E-state index contributed by atoms with van der Waals surface area (Å²) in [5.41, 5.74) is 0.239. The van der Waals surface area contributed by atoms with E-state index in [1.165, 1.54) is 10.7 Å². The van der Waals surface area contributed by atoms with Gasteiger partial charge >= 0.3 is 0 Å². The molecular formula is C28H37F2N9O2. The van der Waals surface area contributed by atoms with Crippen LogP contribution in [-0.2, 0) is 4.74 Å². The Balaban J connectivity index is 1.03. The quantitative estimate of drug-likeness (QED) is 0.464. The van der Waals surface area contributed by atoms with E-state index in [0.29, 0.717) is 18.2 Å². The minimum absolute atomic E-state index is 0.0362. The van der Waals surface area contributed by atoms with Gasteiger partial charge in [0, 0.05) is 51.7 Å². The van der Waals surface area contributed by atoms with E-state index in [0.717, 1.165) is 77.2 Å². The number of hydrogen-bond donors (Lipinski definition) is 1. The van der Waals surface area contributed by atoms with Crippen molar-refractivity contribution in [1.82, 2.24) is 34.2 Å². The second-order valence-corrected chi connectivity index (χ2v) is 12.1. The molecule has 0 radical (unpaired) electrons. The summed E-state index contributed by atoms with van der Waals surface area (Å²) in [7, 11) is 2.16. The number of hydrogen-bond acceptors (Lipinski definition) is 8. The molecule has 41 heavy (non-hydrogen) atoms. The highest BCUT2D eigenvalue weighted by molar-refractivity contribution is 6.08. The number of carbonyl (C=O) groups is 1. The maximum absolute atomic E-state index is 14.0. The van der Waals surface area contributed by atoms with Crippen LogP contribution < -0.4 is 10.2 Å². The van der Waals surface area contributed by atoms with Crippen molar-refractivity contribution in [3.05, 3.63) is 35.9 Å². The Bertz CT molecular complexity index is 1390. The van der Waals surface area contributed by atoms with Crippen molar-refractivity contribution >= 4 is 23.1 Å². The highest BCUT2D eigenvalue weighted by atomic mass is 19.3. The minimum atomic E-state index is -2.80. The number of ether oxygens (including phenoxy) is 1. The van der Waals surface area contributed by atoms with Crippen LogP contribution in [-0.4, -0.2) is 105 Å². The number of aromatic nitrogens is 5. The molecule has 11 nitrogen and oxygen atoms in total. The van der Waals surface area contributed by atoms with Gasteiger partial charge in [-0.15, -0.1) is 0 Å². The first-order valence-electron chi connectivity index (χ1n) is 14.7. The van der Waals surface area contributed by atoms with Crippen LogP contribution in [0.25, 0.3) is 5.65 Å². The Hall–Kier alpha value is -3.16. The number of nitrogens with one attached hydrogen (secondary N) is 1. The van der Waals surface area contributed by atoms with Crippen LogP contribution >= 0.6 is 0 Å². The zero-order valence-electron chi connectivity index (χ0n) is 23.3. The lowest BCUT2D eigenvalue weighted by Crippen LogP contribution is -2.46. The fraction of sp³-hybridized carbons (Fsp3) is 0.643. The van der Waals surface area contributed by atoms with Gasteiger partial charge in [0.25, 0.3) is 12.3 Å². The number of halogens is 2. The molecule has 0 unspecified atom stereocenters. The molecule has 6 heterocycles. The zero-order valence-corrected chi connectivity index (χ0v) is 23.3. The Morgan fingerprint density at radius 2 is 1.95 bits per heavy atom. The van der Waals surface area contributed by atoms with Gasteiger partial charge in [-0.1, -0.05) is 0 Å². The molecule has 1 amide bonds. The Morgan fingerprint density at radius 1 is 1.15 bits per heavy atom. The summed E-state index contributed by atoms with van der Waals surface area (Å²) in [6.07, 6.45) is 7.00. The van der Waals surface area contributed by atoms with E-state index < -0.39 is 18.0 Å². The molecule has 2 atom stereocenters. The van der Waals surface area contributed by atoms with Gasteiger partial charge in [0.05, 0.1) is 36.7 Å². The number of rotatable bonds is 7. The van der Waals surface area contributed by atoms with E-state index in [-0.39, 0.29) is 29.4 Å². The first kappa shape index (κ1) is 26.7. The molecule has 1 N–H and O–H groups in total. The smallest absolute Gasteiger partial charge is 0.284 e. The van der Waals surface area contributed by atoms with Crippen LogP contribution in [0.4, 0.5) is 20.3 Å². The van der Waals surface area contributed by atoms with Gasteiger partial charge in [-0.3, -0.25) is 9.48 Å². The van der Waals surface area contributed by atoms with Crippen LogP contribution in [0.1, 0.15) is 60.6 Å². The van der Waals surface area contributed by atoms with Crippen LogP contribution in [0.15, 0.2) is 24.7 Å². The topological polar surface area (TPSA) is 96.1 Å². The molecule has 0 aromatic carbocycles. The fourth-order valence-electron chi connectivity index (χ4n) is 6.89. The van der Waals surface area contributed by atoms with Gasteiger partial charge in [0.15, 0.2) is 11.3 Å². The van der Waals surface area contributed by atoms with Gasteiger partial charge in [-0.25, -0.2) is 18.3 Å². The van der Waals surface area contributed by atoms with Crippen LogP contribution in [0.2, 0.25) is 0 Å². The molecule has 7 rings (SSSR count). The summed E-state index contributed by atoms with van der Waals surface area (Å²) < 4.78 is 36.9. The molecule has 1 saturated carbocycles. The van der Waals surface area contributed by atoms with Gasteiger partial charge < -0.3 is 24.8 Å². The summed E-state index contributed by atoms with van der Waals surface area (Å²) in [6.45, 7) is 6.96. The third-order valence-electron chi connectivity index (χ3n) is 9.31. The van der Waals surface area contributed by atoms with Crippen molar-refractivity contribution in [2.24, 2.45) is 5.92 Å². The minimum Gasteiger partial charge on any atom is -0.374 e. The number of nitrogens with zero attached hydrogens (tertiary/aromatic N) is 8. The summed E-state index contributed by atoms with van der Waals surface area (Å²) >= 11 is 0. The highest BCUT2D eigenvalue weighted by Crippen LogP contribution is 2.36. The third kappa shape index (κ3) is 5.30. The molecule has 1 aliphatic carbocycles. The summed E-state index contributed by atoms with van der Waals surface area (Å²) in [5.74, 6) is 0.843. The fourth-order valence-corrected chi connectivity index (χ4v) is 6.89. The van der Waals surface area contributed by atoms with Crippen molar-refractivity contribution in [2.45, 2.75) is 56.7 Å². The number of piperazine rings is 1. The highest BCUT2D eigenvalue weighted by Gasteiger charge is 2.40. The monoisotopic (exact) mass is 569 g/mol. The van der Waals surface area contributed by atoms with E-state index in [1.54, 1.807) is 17.1 Å². The number of likely N-dealkylation sites (N-methyl/N-ethyl adjacent to an activating group) is 1. The van der Waals surface area contributed by atoms with Crippen molar-refractivity contribution in [2.75, 3.05) is 63.1 Å². The number of amides is 1. The molecule has 13 heteroatoms. The molecule has 3 saturated heterocycles. The van der Waals surface area contributed by atoms with Crippen LogP contribution in [0.3, 0.4) is 0 Å². The SMILES string of the molecule is CN1CCN(CC2CCC(n3cc(NC(=O)c4cnn5ccc(N6C[C@H]7C[C@@H]6CO7)nc45)c(C(F)F)n3)CC2)CC1. The molecule has 3 aromatic heterocycles. The normalized spacial score (nSPS) is 27.4. The van der Waals surface area contributed by atoms with E-state index in [9.17, 15) is 13.6 Å². The van der Waals surface area contributed by atoms with E-state index in [2.05, 4.69) is 37.3 Å². The maximum Gasteiger partial charge on any atom is 0.284 e. The van der Waals surface area contributed by atoms with Crippen molar-refractivity contribution in [1.29, 1.82) is 0 Å². The standard InChI is InChI=1S/C28H37F2N9O2/c1-35-8-10-36(11-9-35)14-18-2-4-19(5-3-18)39-16-23(25(34-39)26(29)30)32-28(40)22-13-31-38-7-6-24(33-27(22)38)37-15-21-12-20(37)17-41-21/h6-7,13,16,18-21,26H,2-5,8-12,14-15,17H2,1H3,(H,32,40)/t18?,19?,20-,21-/m1/s1. The number of morpholine rings is 1. The average Bonchev–Trinajstić information content (AvgIpc) is 3.78. The first-order chi connectivity index (χ1) is 19.9. The second-order valence-electron chi connectivity index (χ2n) is 12.1. The molecule has 220 valence electrons. The lowest BCUT2D eigenvalue weighted by Gasteiger charge is -2.37. The molecule has 4 fully saturated rings. The summed E-state index contributed by atoms with van der Waals surface area (Å²) in [4.78, 5) is 25.2. The lowest BCUT2D eigenvalue weighted by atomic mass is 9.85. The molecular weight excluding hydrogens is 532 g/mol. The van der Waals surface area contributed by atoms with E-state index >= 15 is 0 Å². The summed E-state index contributed by atoms with van der Waals surface area (Å²) in [6, 6.07) is 2.19. The second kappa shape index (κ2) is 10.9. The van der Waals surface area contributed by atoms with Gasteiger partial charge in [-0.2, -0.15) is 10.2 Å². The van der Waals surface area contributed by atoms with Crippen molar-refractivity contribution < 1.29 is 18.3 Å². The predicted molar refractivity (Wildman–Crippen MR) is 149 cm³/mol. The van der Waals surface area contributed by atoms with E-state index in [4.69, 9.17) is 9.72 Å². The van der Waals surface area contributed by atoms with Gasteiger partial charge in [0.2, 0.25) is 0 Å². The molecule has 3 aromatic rings. The molecule has 3 aliphatic heterocycles. The maximum atomic E-state index is 14.0. The first-order valence-corrected chi connectivity index (χ1v) is 14.7. The van der Waals surface area contributed by atoms with Crippen LogP contribution in [0.5, 0.6) is 0 Å². The number of fused-ring (bicyclic) bond motifs is 3. The van der Waals surface area contributed by atoms with Crippen LogP contribution in [0, 0.1) is 5.92 Å². The third-order valence-corrected chi connectivity index (χ3v) is 9.31. The number of alkyl halides is 2. The molecule has 2 bridgehead atoms. The number of anilines is 2. The average molecular weight is 570 g/mol. The Labute approximate surface area is 237 Å². The van der Waals surface area contributed by atoms with Crippen molar-refractivity contribution in [3.63, 3.8) is 0 Å². The van der Waals surface area contributed by atoms with Gasteiger partial charge in [-0.05, 0) is 51.1 Å². The lowest BCUT2D eigenvalue weighted by molar-refractivity contribution is 0.0988. The van der Waals surface area contributed by atoms with E-state index in [1.807, 2.05) is 6.07 Å².